The van der Waals surface area contributed by atoms with Crippen LogP contribution < -0.4 is 5.32 Å². The van der Waals surface area contributed by atoms with Crippen molar-refractivity contribution in [1.82, 2.24) is 15.3 Å². The average Bonchev–Trinajstić information content (AvgIpc) is 2.63. The number of hydrogen-bond acceptors (Lipinski definition) is 4. The van der Waals surface area contributed by atoms with Crippen LogP contribution in [0, 0.1) is 0 Å². The van der Waals surface area contributed by atoms with E-state index in [9.17, 15) is 0 Å². The number of nitrogens with zero attached hydrogens (tertiary/aromatic N) is 2. The van der Waals surface area contributed by atoms with Crippen molar-refractivity contribution in [3.8, 4) is 0 Å². The van der Waals surface area contributed by atoms with Crippen molar-refractivity contribution < 1.29 is 0 Å². The molecule has 0 spiro atoms. The lowest BCUT2D eigenvalue weighted by atomic mass is 10.2. The molecule has 0 aliphatic heterocycles. The first kappa shape index (κ1) is 9.55. The number of nitrogens with one attached hydrogen (secondary N) is 1. The first-order valence-electron chi connectivity index (χ1n) is 4.74. The van der Waals surface area contributed by atoms with Gasteiger partial charge in [-0.1, -0.05) is 18.3 Å². The highest BCUT2D eigenvalue weighted by molar-refractivity contribution is 7.18. The van der Waals surface area contributed by atoms with Gasteiger partial charge >= 0.3 is 0 Å². The number of hydrogen-bond donors (Lipinski definition) is 1. The molecule has 2 aromatic rings. The zero-order valence-electron chi connectivity index (χ0n) is 8.32. The van der Waals surface area contributed by atoms with Crippen molar-refractivity contribution in [3.63, 3.8) is 0 Å². The van der Waals surface area contributed by atoms with Gasteiger partial charge in [-0.25, -0.2) is 9.97 Å². The highest BCUT2D eigenvalue weighted by Crippen LogP contribution is 2.25. The third-order valence-corrected chi connectivity index (χ3v) is 3.33. The van der Waals surface area contributed by atoms with Crippen LogP contribution in [-0.4, -0.2) is 17.0 Å². The maximum Gasteiger partial charge on any atom is 0.143 e. The molecule has 1 atom stereocenters. The van der Waals surface area contributed by atoms with Crippen molar-refractivity contribution >= 4 is 21.7 Å². The highest BCUT2D eigenvalue weighted by Gasteiger charge is 2.12. The van der Waals surface area contributed by atoms with Gasteiger partial charge < -0.3 is 5.32 Å². The largest absolute Gasteiger partial charge is 0.311 e. The van der Waals surface area contributed by atoms with Crippen molar-refractivity contribution in [2.24, 2.45) is 0 Å². The van der Waals surface area contributed by atoms with E-state index < -0.39 is 0 Å². The molecular formula is C10H13N3S. The summed E-state index contributed by atoms with van der Waals surface area (Å²) in [6.07, 6.45) is 2.86. The van der Waals surface area contributed by atoms with Gasteiger partial charge in [0.15, 0.2) is 0 Å². The summed E-state index contributed by atoms with van der Waals surface area (Å²) in [5, 5.41) is 4.38. The third-order valence-electron chi connectivity index (χ3n) is 2.24. The van der Waals surface area contributed by atoms with E-state index in [0.717, 1.165) is 21.8 Å². The van der Waals surface area contributed by atoms with Gasteiger partial charge in [0.05, 0.1) is 6.04 Å². The Morgan fingerprint density at radius 3 is 3.07 bits per heavy atom. The summed E-state index contributed by atoms with van der Waals surface area (Å²) < 4.78 is 0. The summed E-state index contributed by atoms with van der Waals surface area (Å²) in [7, 11) is 1.97. The van der Waals surface area contributed by atoms with Gasteiger partial charge in [0, 0.05) is 6.20 Å². The Hall–Kier alpha value is -1.00. The topological polar surface area (TPSA) is 37.8 Å². The van der Waals surface area contributed by atoms with Gasteiger partial charge in [-0.05, 0) is 25.6 Å². The summed E-state index contributed by atoms with van der Waals surface area (Å²) >= 11 is 1.67. The summed E-state index contributed by atoms with van der Waals surface area (Å²) in [6, 6.07) is 4.28. The minimum atomic E-state index is 0.356. The minimum absolute atomic E-state index is 0.356. The number of fused-ring (bicyclic) bond motifs is 1. The molecule has 1 N–H and O–H groups in total. The van der Waals surface area contributed by atoms with Gasteiger partial charge in [0.25, 0.3) is 0 Å². The van der Waals surface area contributed by atoms with Crippen molar-refractivity contribution in [1.29, 1.82) is 0 Å². The second kappa shape index (κ2) is 4.02. The first-order chi connectivity index (χ1) is 6.85. The molecule has 2 rings (SSSR count). The zero-order valence-corrected chi connectivity index (χ0v) is 9.14. The van der Waals surface area contributed by atoms with E-state index in [-0.39, 0.29) is 0 Å². The summed E-state index contributed by atoms with van der Waals surface area (Å²) in [5.74, 6) is 0. The van der Waals surface area contributed by atoms with Crippen molar-refractivity contribution in [2.45, 2.75) is 19.4 Å². The van der Waals surface area contributed by atoms with E-state index in [1.807, 2.05) is 25.4 Å². The quantitative estimate of drug-likeness (QED) is 0.839. The van der Waals surface area contributed by atoms with Gasteiger partial charge in [-0.15, -0.1) is 0 Å². The highest BCUT2D eigenvalue weighted by atomic mass is 32.1. The molecule has 0 amide bonds. The Balaban J connectivity index is 2.43. The van der Waals surface area contributed by atoms with Crippen LogP contribution in [0.2, 0.25) is 0 Å². The monoisotopic (exact) mass is 207 g/mol. The molecule has 2 heterocycles. The predicted molar refractivity (Wildman–Crippen MR) is 59.5 cm³/mol. The van der Waals surface area contributed by atoms with Gasteiger partial charge in [0.2, 0.25) is 0 Å². The van der Waals surface area contributed by atoms with Crippen molar-refractivity contribution in [3.05, 3.63) is 23.3 Å². The Morgan fingerprint density at radius 2 is 2.43 bits per heavy atom. The zero-order chi connectivity index (χ0) is 9.97. The lowest BCUT2D eigenvalue weighted by Crippen LogP contribution is -2.14. The normalized spacial score (nSPS) is 13.3. The molecule has 74 valence electrons. The number of rotatable bonds is 3. The van der Waals surface area contributed by atoms with E-state index in [0.29, 0.717) is 6.04 Å². The Bertz CT molecular complexity index is 387. The van der Waals surface area contributed by atoms with Gasteiger partial charge in [-0.3, -0.25) is 0 Å². The van der Waals surface area contributed by atoms with Crippen LogP contribution in [0.3, 0.4) is 0 Å². The molecule has 0 saturated heterocycles. The number of aromatic nitrogens is 2. The van der Waals surface area contributed by atoms with Crippen LogP contribution in [0.5, 0.6) is 0 Å². The summed E-state index contributed by atoms with van der Waals surface area (Å²) in [6.45, 7) is 2.15. The number of pyridine rings is 1. The molecule has 0 aliphatic carbocycles. The maximum atomic E-state index is 4.55. The fourth-order valence-electron chi connectivity index (χ4n) is 1.44. The molecular weight excluding hydrogens is 194 g/mol. The van der Waals surface area contributed by atoms with E-state index in [1.165, 1.54) is 0 Å². The first-order valence-corrected chi connectivity index (χ1v) is 5.55. The molecule has 0 aliphatic rings. The van der Waals surface area contributed by atoms with Crippen LogP contribution in [-0.2, 0) is 0 Å². The van der Waals surface area contributed by atoms with E-state index in [1.54, 1.807) is 11.3 Å². The lowest BCUT2D eigenvalue weighted by Gasteiger charge is -2.08. The van der Waals surface area contributed by atoms with Gasteiger partial charge in [-0.2, -0.15) is 0 Å². The lowest BCUT2D eigenvalue weighted by molar-refractivity contribution is 0.574. The maximum absolute atomic E-state index is 4.55. The SMILES string of the molecule is CCC(NC)c1nc2cccnc2s1. The standard InChI is InChI=1S/C10H13N3S/c1-3-7(11-2)10-13-8-5-4-6-12-9(8)14-10/h4-7,11H,3H2,1-2H3. The van der Waals surface area contributed by atoms with Gasteiger partial charge in [0.1, 0.15) is 15.4 Å². The van der Waals surface area contributed by atoms with Crippen LogP contribution in [0.4, 0.5) is 0 Å². The fourth-order valence-corrected chi connectivity index (χ4v) is 2.54. The van der Waals surface area contributed by atoms with E-state index >= 15 is 0 Å². The molecule has 3 nitrogen and oxygen atoms in total. The minimum Gasteiger partial charge on any atom is -0.311 e. The molecule has 0 fully saturated rings. The molecule has 1 unspecified atom stereocenters. The second-order valence-corrected chi connectivity index (χ2v) is 4.14. The van der Waals surface area contributed by atoms with Crippen LogP contribution >= 0.6 is 11.3 Å². The number of thiazole rings is 1. The van der Waals surface area contributed by atoms with Crippen molar-refractivity contribution in [2.75, 3.05) is 7.05 Å². The molecule has 14 heavy (non-hydrogen) atoms. The third kappa shape index (κ3) is 1.63. The molecule has 4 heteroatoms. The van der Waals surface area contributed by atoms with Crippen LogP contribution in [0.25, 0.3) is 10.3 Å². The second-order valence-electron chi connectivity index (χ2n) is 3.13. The molecule has 0 aromatic carbocycles. The summed E-state index contributed by atoms with van der Waals surface area (Å²) in [4.78, 5) is 9.85. The predicted octanol–water partition coefficient (Wildman–Crippen LogP) is 2.36. The molecule has 2 aromatic heterocycles. The average molecular weight is 207 g/mol. The molecule has 0 saturated carbocycles. The molecule has 0 radical (unpaired) electrons. The fraction of sp³-hybridized carbons (Fsp3) is 0.400. The van der Waals surface area contributed by atoms with Crippen LogP contribution in [0.1, 0.15) is 24.4 Å². The Labute approximate surface area is 87.2 Å². The smallest absolute Gasteiger partial charge is 0.143 e. The summed E-state index contributed by atoms with van der Waals surface area (Å²) in [5.41, 5.74) is 1.00. The molecule has 0 bridgehead atoms. The van der Waals surface area contributed by atoms with E-state index in [2.05, 4.69) is 22.2 Å². The Kier molecular flexibility index (Phi) is 2.74. The van der Waals surface area contributed by atoms with E-state index in [4.69, 9.17) is 0 Å². The van der Waals surface area contributed by atoms with Crippen LogP contribution in [0.15, 0.2) is 18.3 Å². The Morgan fingerprint density at radius 1 is 1.57 bits per heavy atom.